The van der Waals surface area contributed by atoms with Gasteiger partial charge in [-0.25, -0.2) is 0 Å². The van der Waals surface area contributed by atoms with Crippen molar-refractivity contribution >= 4 is 11.8 Å². The molecular formula is C13H13F2NS. The average Bonchev–Trinajstić information content (AvgIpc) is 2.59. The fraction of sp³-hybridized carbons (Fsp3) is 0.231. The zero-order chi connectivity index (χ0) is 12.4. The second-order valence-corrected chi connectivity index (χ2v) is 4.83. The molecule has 0 saturated carbocycles. The number of nitrogens with zero attached hydrogens (tertiary/aromatic N) is 1. The molecule has 0 atom stereocenters. The van der Waals surface area contributed by atoms with Crippen molar-refractivity contribution in [1.29, 1.82) is 0 Å². The number of aromatic nitrogens is 1. The molecule has 0 saturated heterocycles. The first-order valence-electron chi connectivity index (χ1n) is 5.29. The van der Waals surface area contributed by atoms with Gasteiger partial charge in [0, 0.05) is 16.3 Å². The number of thioether (sulfide) groups is 1. The van der Waals surface area contributed by atoms with Crippen LogP contribution in [0.1, 0.15) is 11.4 Å². The molecule has 0 N–H and O–H groups in total. The van der Waals surface area contributed by atoms with Crippen LogP contribution in [0.15, 0.2) is 41.3 Å². The Labute approximate surface area is 103 Å². The van der Waals surface area contributed by atoms with Gasteiger partial charge in [0.1, 0.15) is 0 Å². The molecule has 0 unspecified atom stereocenters. The minimum atomic E-state index is -2.40. The molecule has 1 nitrogen and oxygen atoms in total. The molecular weight excluding hydrogens is 240 g/mol. The molecule has 1 aromatic carbocycles. The Morgan fingerprint density at radius 2 is 1.59 bits per heavy atom. The molecule has 1 aromatic heterocycles. The summed E-state index contributed by atoms with van der Waals surface area (Å²) in [5.74, 6) is -2.40. The largest absolute Gasteiger partial charge is 0.317 e. The van der Waals surface area contributed by atoms with Crippen LogP contribution in [0.2, 0.25) is 0 Å². The topological polar surface area (TPSA) is 4.93 Å². The number of alkyl halides is 2. The van der Waals surface area contributed by atoms with E-state index in [1.807, 2.05) is 42.7 Å². The SMILES string of the molecule is Cc1ccc(C)n1-c1ccccc1SC(F)F. The van der Waals surface area contributed by atoms with E-state index in [1.54, 1.807) is 12.1 Å². The summed E-state index contributed by atoms with van der Waals surface area (Å²) in [6, 6.07) is 11.2. The van der Waals surface area contributed by atoms with Gasteiger partial charge in [0.25, 0.3) is 5.76 Å². The Kier molecular flexibility index (Phi) is 3.52. The molecule has 4 heteroatoms. The highest BCUT2D eigenvalue weighted by Gasteiger charge is 2.12. The molecule has 17 heavy (non-hydrogen) atoms. The molecule has 90 valence electrons. The third-order valence-electron chi connectivity index (χ3n) is 2.59. The lowest BCUT2D eigenvalue weighted by molar-refractivity contribution is 0.252. The van der Waals surface area contributed by atoms with Crippen LogP contribution in [0.5, 0.6) is 0 Å². The van der Waals surface area contributed by atoms with Gasteiger partial charge in [-0.05, 0) is 38.1 Å². The summed E-state index contributed by atoms with van der Waals surface area (Å²) < 4.78 is 27.0. The third kappa shape index (κ3) is 2.52. The standard InChI is InChI=1S/C13H13F2NS/c1-9-7-8-10(2)16(9)11-5-3-4-6-12(11)17-13(14)15/h3-8,13H,1-2H3. The van der Waals surface area contributed by atoms with Crippen molar-refractivity contribution in [3.05, 3.63) is 47.8 Å². The molecule has 0 spiro atoms. The monoisotopic (exact) mass is 253 g/mol. The van der Waals surface area contributed by atoms with Crippen LogP contribution in [-0.2, 0) is 0 Å². The zero-order valence-corrected chi connectivity index (χ0v) is 10.5. The molecule has 0 radical (unpaired) electrons. The summed E-state index contributed by atoms with van der Waals surface area (Å²) in [6.07, 6.45) is 0. The second-order valence-electron chi connectivity index (χ2n) is 3.80. The van der Waals surface area contributed by atoms with Crippen molar-refractivity contribution in [2.45, 2.75) is 24.5 Å². The Balaban J connectivity index is 2.52. The van der Waals surface area contributed by atoms with Crippen LogP contribution in [0.25, 0.3) is 5.69 Å². The molecule has 0 aliphatic heterocycles. The van der Waals surface area contributed by atoms with Gasteiger partial charge in [0.15, 0.2) is 0 Å². The van der Waals surface area contributed by atoms with Crippen LogP contribution < -0.4 is 0 Å². The summed E-state index contributed by atoms with van der Waals surface area (Å²) in [5, 5.41) is 0. The van der Waals surface area contributed by atoms with Crippen molar-refractivity contribution < 1.29 is 8.78 Å². The maximum absolute atomic E-state index is 12.5. The van der Waals surface area contributed by atoms with Crippen molar-refractivity contribution in [1.82, 2.24) is 4.57 Å². The molecule has 0 aliphatic rings. The van der Waals surface area contributed by atoms with Crippen LogP contribution >= 0.6 is 11.8 Å². The van der Waals surface area contributed by atoms with Crippen molar-refractivity contribution in [3.8, 4) is 5.69 Å². The predicted octanol–water partition coefficient (Wildman–Crippen LogP) is 4.41. The number of halogens is 2. The Hall–Kier alpha value is -1.29. The summed E-state index contributed by atoms with van der Waals surface area (Å²) in [4.78, 5) is 0.602. The zero-order valence-electron chi connectivity index (χ0n) is 9.65. The lowest BCUT2D eigenvalue weighted by atomic mass is 10.3. The van der Waals surface area contributed by atoms with Crippen molar-refractivity contribution in [3.63, 3.8) is 0 Å². The molecule has 0 fully saturated rings. The van der Waals surface area contributed by atoms with Gasteiger partial charge >= 0.3 is 0 Å². The van der Waals surface area contributed by atoms with E-state index in [-0.39, 0.29) is 0 Å². The van der Waals surface area contributed by atoms with Gasteiger partial charge in [0.05, 0.1) is 5.69 Å². The number of benzene rings is 1. The highest BCUT2D eigenvalue weighted by atomic mass is 32.2. The summed E-state index contributed by atoms with van der Waals surface area (Å²) in [5.41, 5.74) is 2.91. The molecule has 0 aliphatic carbocycles. The number of aryl methyl sites for hydroxylation is 2. The number of rotatable bonds is 3. The molecule has 2 rings (SSSR count). The van der Waals surface area contributed by atoms with Crippen molar-refractivity contribution in [2.75, 3.05) is 0 Å². The summed E-state index contributed by atoms with van der Waals surface area (Å²) >= 11 is 0.587. The van der Waals surface area contributed by atoms with E-state index >= 15 is 0 Å². The van der Waals surface area contributed by atoms with E-state index in [0.29, 0.717) is 16.7 Å². The van der Waals surface area contributed by atoms with E-state index in [2.05, 4.69) is 0 Å². The highest BCUT2D eigenvalue weighted by Crippen LogP contribution is 2.32. The highest BCUT2D eigenvalue weighted by molar-refractivity contribution is 7.99. The van der Waals surface area contributed by atoms with E-state index in [4.69, 9.17) is 0 Å². The smallest absolute Gasteiger partial charge is 0.288 e. The van der Waals surface area contributed by atoms with Crippen LogP contribution in [0.4, 0.5) is 8.78 Å². The maximum Gasteiger partial charge on any atom is 0.288 e. The van der Waals surface area contributed by atoms with Crippen LogP contribution in [-0.4, -0.2) is 10.3 Å². The molecule has 0 bridgehead atoms. The summed E-state index contributed by atoms with van der Waals surface area (Å²) in [7, 11) is 0. The van der Waals surface area contributed by atoms with E-state index in [9.17, 15) is 8.78 Å². The molecule has 2 aromatic rings. The predicted molar refractivity (Wildman–Crippen MR) is 67.1 cm³/mol. The third-order valence-corrected chi connectivity index (χ3v) is 3.37. The van der Waals surface area contributed by atoms with Crippen LogP contribution in [0, 0.1) is 13.8 Å². The maximum atomic E-state index is 12.5. The normalized spacial score (nSPS) is 11.1. The first kappa shape index (κ1) is 12.2. The minimum Gasteiger partial charge on any atom is -0.317 e. The van der Waals surface area contributed by atoms with Gasteiger partial charge in [-0.1, -0.05) is 23.9 Å². The fourth-order valence-corrected chi connectivity index (χ4v) is 2.52. The fourth-order valence-electron chi connectivity index (χ4n) is 1.89. The second kappa shape index (κ2) is 4.92. The Morgan fingerprint density at radius 3 is 2.18 bits per heavy atom. The quantitative estimate of drug-likeness (QED) is 0.733. The van der Waals surface area contributed by atoms with Gasteiger partial charge < -0.3 is 4.57 Å². The van der Waals surface area contributed by atoms with E-state index in [1.165, 1.54) is 0 Å². The van der Waals surface area contributed by atoms with E-state index in [0.717, 1.165) is 17.1 Å². The van der Waals surface area contributed by atoms with Gasteiger partial charge in [-0.15, -0.1) is 0 Å². The first-order valence-corrected chi connectivity index (χ1v) is 6.16. The molecule has 0 amide bonds. The number of hydrogen-bond donors (Lipinski definition) is 0. The lowest BCUT2D eigenvalue weighted by Crippen LogP contribution is -2.01. The first-order chi connectivity index (χ1) is 8.09. The van der Waals surface area contributed by atoms with E-state index < -0.39 is 5.76 Å². The van der Waals surface area contributed by atoms with Crippen LogP contribution in [0.3, 0.4) is 0 Å². The van der Waals surface area contributed by atoms with Gasteiger partial charge in [-0.2, -0.15) is 8.78 Å². The number of para-hydroxylation sites is 1. The summed E-state index contributed by atoms with van der Waals surface area (Å²) in [6.45, 7) is 3.94. The van der Waals surface area contributed by atoms with Gasteiger partial charge in [0.2, 0.25) is 0 Å². The number of hydrogen-bond acceptors (Lipinski definition) is 1. The van der Waals surface area contributed by atoms with Crippen molar-refractivity contribution in [2.24, 2.45) is 0 Å². The minimum absolute atomic E-state index is 0.587. The van der Waals surface area contributed by atoms with Gasteiger partial charge in [-0.3, -0.25) is 0 Å². The molecule has 1 heterocycles. The lowest BCUT2D eigenvalue weighted by Gasteiger charge is -2.13. The Morgan fingerprint density at radius 1 is 1.00 bits per heavy atom. The average molecular weight is 253 g/mol. The Bertz CT molecular complexity index is 500.